The number of carbonyl (C=O) groups is 1. The third-order valence-electron chi connectivity index (χ3n) is 3.21. The first kappa shape index (κ1) is 12.6. The van der Waals surface area contributed by atoms with Gasteiger partial charge in [0.15, 0.2) is 9.84 Å². The van der Waals surface area contributed by atoms with Crippen molar-refractivity contribution in [2.45, 2.75) is 38.8 Å². The minimum absolute atomic E-state index is 0.0144. The average Bonchev–Trinajstić information content (AvgIpc) is 2.55. The van der Waals surface area contributed by atoms with E-state index in [1.54, 1.807) is 0 Å². The van der Waals surface area contributed by atoms with E-state index in [1.807, 2.05) is 25.8 Å². The molecule has 1 saturated heterocycles. The zero-order valence-corrected chi connectivity index (χ0v) is 10.4. The molecule has 0 bridgehead atoms. The van der Waals surface area contributed by atoms with Gasteiger partial charge >= 0.3 is 0 Å². The molecule has 1 fully saturated rings. The second-order valence-electron chi connectivity index (χ2n) is 4.22. The molecule has 0 radical (unpaired) electrons. The number of ketones is 1. The van der Waals surface area contributed by atoms with Crippen molar-refractivity contribution in [3.63, 3.8) is 0 Å². The van der Waals surface area contributed by atoms with Crippen LogP contribution in [0.2, 0.25) is 0 Å². The maximum atomic E-state index is 11.5. The quantitative estimate of drug-likeness (QED) is 0.708. The Hall–Kier alpha value is -0.420. The number of Topliss-reactive ketones (excluding diaryl/α,β-unsaturated/α-hetero) is 1. The molecule has 1 heterocycles. The van der Waals surface area contributed by atoms with Gasteiger partial charge in [-0.25, -0.2) is 8.42 Å². The van der Waals surface area contributed by atoms with Crippen LogP contribution in [0.3, 0.4) is 0 Å². The van der Waals surface area contributed by atoms with E-state index in [2.05, 4.69) is 0 Å². The lowest BCUT2D eigenvalue weighted by atomic mass is 10.1. The maximum absolute atomic E-state index is 11.5. The largest absolute Gasteiger partial charge is 0.298 e. The molecule has 0 aliphatic carbocycles. The zero-order chi connectivity index (χ0) is 11.6. The van der Waals surface area contributed by atoms with E-state index in [1.165, 1.54) is 0 Å². The molecule has 1 rings (SSSR count). The molecule has 2 unspecified atom stereocenters. The van der Waals surface area contributed by atoms with Gasteiger partial charge in [0.2, 0.25) is 0 Å². The number of rotatable bonds is 4. The second kappa shape index (κ2) is 4.61. The molecule has 0 amide bonds. The third-order valence-corrected chi connectivity index (χ3v) is 4.96. The Morgan fingerprint density at radius 2 is 2.13 bits per heavy atom. The molecule has 0 aromatic rings. The van der Waals surface area contributed by atoms with Crippen molar-refractivity contribution in [2.75, 3.05) is 18.6 Å². The van der Waals surface area contributed by atoms with E-state index < -0.39 is 9.84 Å². The highest BCUT2D eigenvalue weighted by Crippen LogP contribution is 2.18. The molecule has 88 valence electrons. The molecule has 4 nitrogen and oxygen atoms in total. The first-order valence-electron chi connectivity index (χ1n) is 5.32. The first-order valence-corrected chi connectivity index (χ1v) is 7.14. The first-order chi connectivity index (χ1) is 6.87. The number of likely N-dealkylation sites (N-methyl/N-ethyl adjacent to an activating group) is 1. The lowest BCUT2D eigenvalue weighted by Crippen LogP contribution is -2.43. The minimum atomic E-state index is -2.86. The molecule has 0 N–H and O–H groups in total. The predicted octanol–water partition coefficient (Wildman–Crippen LogP) is 0.473. The highest BCUT2D eigenvalue weighted by molar-refractivity contribution is 7.91. The molecule has 15 heavy (non-hydrogen) atoms. The zero-order valence-electron chi connectivity index (χ0n) is 9.56. The van der Waals surface area contributed by atoms with Crippen LogP contribution in [-0.2, 0) is 14.6 Å². The Bertz CT molecular complexity index is 337. The van der Waals surface area contributed by atoms with Crippen LogP contribution in [0.1, 0.15) is 26.7 Å². The number of hydrogen-bond acceptors (Lipinski definition) is 4. The summed E-state index contributed by atoms with van der Waals surface area (Å²) in [5.74, 6) is 0.627. The van der Waals surface area contributed by atoms with E-state index >= 15 is 0 Å². The fourth-order valence-corrected chi connectivity index (χ4v) is 3.72. The van der Waals surface area contributed by atoms with Gasteiger partial charge in [-0.3, -0.25) is 9.69 Å². The fourth-order valence-electron chi connectivity index (χ4n) is 1.94. The summed E-state index contributed by atoms with van der Waals surface area (Å²) in [6, 6.07) is -0.159. The van der Waals surface area contributed by atoms with E-state index in [9.17, 15) is 13.2 Å². The molecule has 0 saturated carbocycles. The van der Waals surface area contributed by atoms with Crippen LogP contribution in [0, 0.1) is 0 Å². The second-order valence-corrected chi connectivity index (χ2v) is 6.45. The molecule has 0 aromatic carbocycles. The Kier molecular flexibility index (Phi) is 3.89. The number of nitrogens with zero attached hydrogens (tertiary/aromatic N) is 1. The molecule has 1 aliphatic rings. The Labute approximate surface area is 91.6 Å². The average molecular weight is 233 g/mol. The van der Waals surface area contributed by atoms with E-state index in [4.69, 9.17) is 0 Å². The van der Waals surface area contributed by atoms with Crippen LogP contribution in [0.5, 0.6) is 0 Å². The van der Waals surface area contributed by atoms with Gasteiger partial charge in [-0.2, -0.15) is 0 Å². The Balaban J connectivity index is 2.62. The van der Waals surface area contributed by atoms with Gasteiger partial charge in [-0.1, -0.05) is 6.92 Å². The summed E-state index contributed by atoms with van der Waals surface area (Å²) in [5.41, 5.74) is 0. The number of sulfone groups is 1. The van der Waals surface area contributed by atoms with Crippen molar-refractivity contribution in [3.05, 3.63) is 0 Å². The highest BCUT2D eigenvalue weighted by atomic mass is 32.2. The van der Waals surface area contributed by atoms with Crippen molar-refractivity contribution in [3.8, 4) is 0 Å². The fraction of sp³-hybridized carbons (Fsp3) is 0.900. The van der Waals surface area contributed by atoms with Crippen molar-refractivity contribution >= 4 is 15.6 Å². The lowest BCUT2D eigenvalue weighted by molar-refractivity contribution is -0.123. The van der Waals surface area contributed by atoms with E-state index in [0.717, 1.165) is 0 Å². The summed E-state index contributed by atoms with van der Waals surface area (Å²) in [6.45, 7) is 3.68. The molecule has 0 spiro atoms. The van der Waals surface area contributed by atoms with Crippen molar-refractivity contribution < 1.29 is 13.2 Å². The van der Waals surface area contributed by atoms with Crippen LogP contribution < -0.4 is 0 Å². The van der Waals surface area contributed by atoms with Gasteiger partial charge in [-0.05, 0) is 20.4 Å². The van der Waals surface area contributed by atoms with Crippen molar-refractivity contribution in [1.29, 1.82) is 0 Å². The van der Waals surface area contributed by atoms with Crippen LogP contribution in [0.4, 0.5) is 0 Å². The van der Waals surface area contributed by atoms with Gasteiger partial charge in [0.25, 0.3) is 0 Å². The van der Waals surface area contributed by atoms with E-state index in [-0.39, 0.29) is 29.4 Å². The summed E-state index contributed by atoms with van der Waals surface area (Å²) < 4.78 is 22.6. The lowest BCUT2D eigenvalue weighted by Gasteiger charge is -2.28. The third kappa shape index (κ3) is 3.01. The molecule has 5 heteroatoms. The van der Waals surface area contributed by atoms with Crippen molar-refractivity contribution in [2.24, 2.45) is 0 Å². The van der Waals surface area contributed by atoms with Crippen LogP contribution in [0.25, 0.3) is 0 Å². The summed E-state index contributed by atoms with van der Waals surface area (Å²) in [5, 5.41) is 0. The number of hydrogen-bond donors (Lipinski definition) is 0. The molecule has 2 atom stereocenters. The maximum Gasteiger partial charge on any atom is 0.151 e. The Morgan fingerprint density at radius 1 is 1.53 bits per heavy atom. The normalized spacial score (nSPS) is 26.8. The van der Waals surface area contributed by atoms with Crippen LogP contribution in [-0.4, -0.2) is 49.7 Å². The predicted molar refractivity (Wildman–Crippen MR) is 59.6 cm³/mol. The van der Waals surface area contributed by atoms with E-state index in [0.29, 0.717) is 12.8 Å². The summed E-state index contributed by atoms with van der Waals surface area (Å²) >= 11 is 0. The molecular weight excluding hydrogens is 214 g/mol. The molecule has 1 aliphatic heterocycles. The van der Waals surface area contributed by atoms with Gasteiger partial charge in [0.1, 0.15) is 5.78 Å². The van der Waals surface area contributed by atoms with Crippen molar-refractivity contribution in [1.82, 2.24) is 4.90 Å². The Morgan fingerprint density at radius 3 is 2.53 bits per heavy atom. The SMILES string of the molecule is CCC(=O)C(C)N(C)C1CCS(=O)(=O)C1. The van der Waals surface area contributed by atoms with Crippen LogP contribution >= 0.6 is 0 Å². The summed E-state index contributed by atoms with van der Waals surface area (Å²) in [7, 11) is -1.02. The topological polar surface area (TPSA) is 54.5 Å². The standard InChI is InChI=1S/C10H19NO3S/c1-4-10(12)8(2)11(3)9-5-6-15(13,14)7-9/h8-9H,4-7H2,1-3H3. The monoisotopic (exact) mass is 233 g/mol. The molecule has 0 aromatic heterocycles. The van der Waals surface area contributed by atoms with Gasteiger partial charge in [0, 0.05) is 12.5 Å². The highest BCUT2D eigenvalue weighted by Gasteiger charge is 2.33. The smallest absolute Gasteiger partial charge is 0.151 e. The summed E-state index contributed by atoms with van der Waals surface area (Å²) in [4.78, 5) is 13.4. The van der Waals surface area contributed by atoms with Gasteiger partial charge in [0.05, 0.1) is 17.5 Å². The minimum Gasteiger partial charge on any atom is -0.298 e. The summed E-state index contributed by atoms with van der Waals surface area (Å²) in [6.07, 6.45) is 1.16. The van der Waals surface area contributed by atoms with Gasteiger partial charge in [-0.15, -0.1) is 0 Å². The number of carbonyl (C=O) groups excluding carboxylic acids is 1. The molecular formula is C10H19NO3S. The van der Waals surface area contributed by atoms with Crippen LogP contribution in [0.15, 0.2) is 0 Å². The van der Waals surface area contributed by atoms with Gasteiger partial charge < -0.3 is 0 Å².